The van der Waals surface area contributed by atoms with Gasteiger partial charge < -0.3 is 11.1 Å². The van der Waals surface area contributed by atoms with Crippen LogP contribution in [0.2, 0.25) is 0 Å². The Morgan fingerprint density at radius 1 is 1.50 bits per heavy atom. The molecule has 0 aromatic rings. The highest BCUT2D eigenvalue weighted by Crippen LogP contribution is 2.47. The van der Waals surface area contributed by atoms with Crippen molar-refractivity contribution in [3.63, 3.8) is 0 Å². The lowest BCUT2D eigenvalue weighted by Gasteiger charge is -2.14. The van der Waals surface area contributed by atoms with Crippen LogP contribution in [-0.2, 0) is 4.79 Å². The van der Waals surface area contributed by atoms with Crippen molar-refractivity contribution in [3.8, 4) is 0 Å². The first-order valence-electron chi connectivity index (χ1n) is 5.64. The highest BCUT2D eigenvalue weighted by molar-refractivity contribution is 5.76. The Balaban J connectivity index is 2.15. The van der Waals surface area contributed by atoms with Gasteiger partial charge in [0.2, 0.25) is 5.91 Å². The summed E-state index contributed by atoms with van der Waals surface area (Å²) in [5.74, 6) is 0.110. The van der Waals surface area contributed by atoms with Gasteiger partial charge in [0.15, 0.2) is 0 Å². The van der Waals surface area contributed by atoms with Crippen LogP contribution in [0.5, 0.6) is 0 Å². The van der Waals surface area contributed by atoms with Crippen molar-refractivity contribution in [3.05, 3.63) is 0 Å². The number of amides is 1. The standard InChI is InChI=1S/C11H22N2O/c1-3-9(12)7-10(14)13-8-11(4-2)5-6-11/h9H,3-8,12H2,1-2H3,(H,13,14). The van der Waals surface area contributed by atoms with Crippen LogP contribution in [0, 0.1) is 5.41 Å². The minimum atomic E-state index is 0.0202. The smallest absolute Gasteiger partial charge is 0.221 e. The molecule has 3 nitrogen and oxygen atoms in total. The lowest BCUT2D eigenvalue weighted by molar-refractivity contribution is -0.121. The SMILES string of the molecule is CCC(N)CC(=O)NCC1(CC)CC1. The summed E-state index contributed by atoms with van der Waals surface area (Å²) in [6, 6.07) is 0.0202. The predicted molar refractivity (Wildman–Crippen MR) is 57.9 cm³/mol. The Morgan fingerprint density at radius 3 is 2.57 bits per heavy atom. The maximum absolute atomic E-state index is 11.4. The maximum Gasteiger partial charge on any atom is 0.221 e. The molecule has 1 amide bonds. The Morgan fingerprint density at radius 2 is 2.14 bits per heavy atom. The fourth-order valence-corrected chi connectivity index (χ4v) is 1.57. The van der Waals surface area contributed by atoms with Gasteiger partial charge in [-0.25, -0.2) is 0 Å². The van der Waals surface area contributed by atoms with Crippen LogP contribution in [0.25, 0.3) is 0 Å². The van der Waals surface area contributed by atoms with Crippen molar-refractivity contribution < 1.29 is 4.79 Å². The van der Waals surface area contributed by atoms with Crippen LogP contribution in [0.1, 0.15) is 46.0 Å². The Hall–Kier alpha value is -0.570. The minimum Gasteiger partial charge on any atom is -0.355 e. The molecule has 0 aromatic carbocycles. The van der Waals surface area contributed by atoms with Gasteiger partial charge in [0.25, 0.3) is 0 Å². The molecule has 1 saturated carbocycles. The van der Waals surface area contributed by atoms with Crippen molar-refractivity contribution >= 4 is 5.91 Å². The van der Waals surface area contributed by atoms with Gasteiger partial charge in [-0.05, 0) is 31.1 Å². The Labute approximate surface area is 86.4 Å². The number of hydrogen-bond donors (Lipinski definition) is 2. The summed E-state index contributed by atoms with van der Waals surface area (Å²) < 4.78 is 0. The van der Waals surface area contributed by atoms with Gasteiger partial charge in [-0.2, -0.15) is 0 Å². The second-order valence-corrected chi connectivity index (χ2v) is 4.50. The number of nitrogens with one attached hydrogen (secondary N) is 1. The summed E-state index contributed by atoms with van der Waals surface area (Å²) in [7, 11) is 0. The van der Waals surface area contributed by atoms with Gasteiger partial charge in [0, 0.05) is 19.0 Å². The lowest BCUT2D eigenvalue weighted by Crippen LogP contribution is -2.34. The summed E-state index contributed by atoms with van der Waals surface area (Å²) in [6.45, 7) is 5.04. The van der Waals surface area contributed by atoms with Crippen molar-refractivity contribution in [2.45, 2.75) is 52.0 Å². The molecule has 0 heterocycles. The van der Waals surface area contributed by atoms with E-state index in [9.17, 15) is 4.79 Å². The van der Waals surface area contributed by atoms with E-state index in [1.54, 1.807) is 0 Å². The van der Waals surface area contributed by atoms with Gasteiger partial charge >= 0.3 is 0 Å². The molecule has 0 aromatic heterocycles. The van der Waals surface area contributed by atoms with Crippen molar-refractivity contribution in [2.75, 3.05) is 6.54 Å². The maximum atomic E-state index is 11.4. The van der Waals surface area contributed by atoms with Gasteiger partial charge in [0.1, 0.15) is 0 Å². The molecular weight excluding hydrogens is 176 g/mol. The molecule has 0 saturated heterocycles. The number of nitrogens with two attached hydrogens (primary N) is 1. The first-order valence-corrected chi connectivity index (χ1v) is 5.64. The summed E-state index contributed by atoms with van der Waals surface area (Å²) in [6.07, 6.45) is 5.04. The molecule has 1 atom stereocenters. The number of rotatable bonds is 6. The zero-order chi connectivity index (χ0) is 10.6. The average molecular weight is 198 g/mol. The fraction of sp³-hybridized carbons (Fsp3) is 0.909. The molecule has 1 aliphatic rings. The molecule has 3 heteroatoms. The van der Waals surface area contributed by atoms with Crippen LogP contribution in [0.3, 0.4) is 0 Å². The predicted octanol–water partition coefficient (Wildman–Crippen LogP) is 1.42. The van der Waals surface area contributed by atoms with Crippen LogP contribution >= 0.6 is 0 Å². The van der Waals surface area contributed by atoms with E-state index in [0.717, 1.165) is 13.0 Å². The van der Waals surface area contributed by atoms with E-state index < -0.39 is 0 Å². The van der Waals surface area contributed by atoms with E-state index >= 15 is 0 Å². The van der Waals surface area contributed by atoms with E-state index in [1.807, 2.05) is 6.92 Å². The van der Waals surface area contributed by atoms with Crippen molar-refractivity contribution in [2.24, 2.45) is 11.1 Å². The second-order valence-electron chi connectivity index (χ2n) is 4.50. The zero-order valence-electron chi connectivity index (χ0n) is 9.31. The van der Waals surface area contributed by atoms with E-state index in [1.165, 1.54) is 19.3 Å². The molecular formula is C11H22N2O. The molecule has 1 aliphatic carbocycles. The van der Waals surface area contributed by atoms with Gasteiger partial charge in [-0.15, -0.1) is 0 Å². The Kier molecular flexibility index (Phi) is 3.93. The summed E-state index contributed by atoms with van der Waals surface area (Å²) >= 11 is 0. The summed E-state index contributed by atoms with van der Waals surface area (Å²) in [5, 5.41) is 2.98. The molecule has 3 N–H and O–H groups in total. The van der Waals surface area contributed by atoms with E-state index in [0.29, 0.717) is 11.8 Å². The first-order chi connectivity index (χ1) is 6.62. The topological polar surface area (TPSA) is 55.1 Å². The number of hydrogen-bond acceptors (Lipinski definition) is 2. The quantitative estimate of drug-likeness (QED) is 0.678. The van der Waals surface area contributed by atoms with E-state index in [4.69, 9.17) is 5.73 Å². The van der Waals surface area contributed by atoms with Crippen LogP contribution in [0.4, 0.5) is 0 Å². The first kappa shape index (κ1) is 11.5. The Bertz CT molecular complexity index is 199. The van der Waals surface area contributed by atoms with E-state index in [-0.39, 0.29) is 11.9 Å². The number of carbonyl (C=O) groups excluding carboxylic acids is 1. The highest BCUT2D eigenvalue weighted by atomic mass is 16.1. The third kappa shape index (κ3) is 3.29. The van der Waals surface area contributed by atoms with Gasteiger partial charge in [0.05, 0.1) is 0 Å². The normalized spacial score (nSPS) is 20.2. The molecule has 0 spiro atoms. The molecule has 82 valence electrons. The van der Waals surface area contributed by atoms with Crippen LogP contribution in [-0.4, -0.2) is 18.5 Å². The molecule has 1 rings (SSSR count). The third-order valence-corrected chi connectivity index (χ3v) is 3.34. The molecule has 0 radical (unpaired) electrons. The number of carbonyl (C=O) groups is 1. The molecule has 0 aliphatic heterocycles. The van der Waals surface area contributed by atoms with Crippen molar-refractivity contribution in [1.29, 1.82) is 0 Å². The highest BCUT2D eigenvalue weighted by Gasteiger charge is 2.40. The minimum absolute atomic E-state index is 0.0202. The molecule has 14 heavy (non-hydrogen) atoms. The van der Waals surface area contributed by atoms with Crippen LogP contribution < -0.4 is 11.1 Å². The second kappa shape index (κ2) is 4.78. The lowest BCUT2D eigenvalue weighted by atomic mass is 10.0. The summed E-state index contributed by atoms with van der Waals surface area (Å²) in [5.41, 5.74) is 6.14. The fourth-order valence-electron chi connectivity index (χ4n) is 1.57. The third-order valence-electron chi connectivity index (χ3n) is 3.34. The monoisotopic (exact) mass is 198 g/mol. The average Bonchev–Trinajstić information content (AvgIpc) is 2.95. The zero-order valence-corrected chi connectivity index (χ0v) is 9.31. The summed E-state index contributed by atoms with van der Waals surface area (Å²) in [4.78, 5) is 11.4. The largest absolute Gasteiger partial charge is 0.355 e. The van der Waals surface area contributed by atoms with Crippen molar-refractivity contribution in [1.82, 2.24) is 5.32 Å². The van der Waals surface area contributed by atoms with Crippen LogP contribution in [0.15, 0.2) is 0 Å². The molecule has 1 fully saturated rings. The van der Waals surface area contributed by atoms with Gasteiger partial charge in [-0.3, -0.25) is 4.79 Å². The molecule has 1 unspecified atom stereocenters. The van der Waals surface area contributed by atoms with E-state index in [2.05, 4.69) is 12.2 Å². The van der Waals surface area contributed by atoms with Gasteiger partial charge in [-0.1, -0.05) is 13.8 Å². The molecule has 0 bridgehead atoms.